The molecule has 2 aromatic rings. The Morgan fingerprint density at radius 2 is 1.88 bits per heavy atom. The van der Waals surface area contributed by atoms with E-state index in [1.54, 1.807) is 13.3 Å². The summed E-state index contributed by atoms with van der Waals surface area (Å²) in [7, 11) is 2.96. The highest BCUT2D eigenvalue weighted by molar-refractivity contribution is 5.98. The molecule has 138 valence electrons. The summed E-state index contributed by atoms with van der Waals surface area (Å²) >= 11 is 0. The highest BCUT2D eigenvalue weighted by Gasteiger charge is 2.28. The monoisotopic (exact) mass is 356 g/mol. The van der Waals surface area contributed by atoms with Gasteiger partial charge in [0.2, 0.25) is 0 Å². The largest absolute Gasteiger partial charge is 0.496 e. The summed E-state index contributed by atoms with van der Waals surface area (Å²) in [6, 6.07) is 9.44. The number of carbonyl (C=O) groups excluding carboxylic acids is 1. The van der Waals surface area contributed by atoms with Crippen molar-refractivity contribution >= 4 is 11.8 Å². The second kappa shape index (κ2) is 7.33. The van der Waals surface area contributed by atoms with E-state index in [0.29, 0.717) is 37.2 Å². The molecule has 1 aromatic carbocycles. The average molecular weight is 356 g/mol. The summed E-state index contributed by atoms with van der Waals surface area (Å²) in [4.78, 5) is 18.8. The number of benzene rings is 1. The van der Waals surface area contributed by atoms with Crippen LogP contribution in [0.3, 0.4) is 0 Å². The van der Waals surface area contributed by atoms with Crippen molar-refractivity contribution in [3.63, 3.8) is 0 Å². The second-order valence-electron chi connectivity index (χ2n) is 6.76. The van der Waals surface area contributed by atoms with Crippen LogP contribution in [0.5, 0.6) is 5.75 Å². The lowest BCUT2D eigenvalue weighted by molar-refractivity contribution is 0.0350. The van der Waals surface area contributed by atoms with Crippen molar-refractivity contribution in [3.8, 4) is 16.9 Å². The van der Waals surface area contributed by atoms with Crippen molar-refractivity contribution in [1.29, 1.82) is 0 Å². The lowest BCUT2D eigenvalue weighted by atomic mass is 9.93. The standard InChI is InChI=1S/C20H24N2O4/c1-20(24)8-10-22(11-9-20)18-12-15(16(13-21-18)19(23)26-3)14-6-4-5-7-17(14)25-2/h4-7,12-13,24H,8-11H2,1-3H3. The molecule has 1 aliphatic rings. The molecule has 2 heterocycles. The SMILES string of the molecule is COC(=O)c1cnc(N2CCC(C)(O)CC2)cc1-c1ccccc1OC. The van der Waals surface area contributed by atoms with Crippen LogP contribution >= 0.6 is 0 Å². The summed E-state index contributed by atoms with van der Waals surface area (Å²) in [6.07, 6.45) is 2.91. The van der Waals surface area contributed by atoms with Gasteiger partial charge in [0.15, 0.2) is 0 Å². The van der Waals surface area contributed by atoms with Gasteiger partial charge in [0.25, 0.3) is 0 Å². The van der Waals surface area contributed by atoms with Gasteiger partial charge in [-0.2, -0.15) is 0 Å². The Bertz CT molecular complexity index is 794. The molecule has 0 spiro atoms. The molecule has 1 aliphatic heterocycles. The number of aliphatic hydroxyl groups is 1. The highest BCUT2D eigenvalue weighted by Crippen LogP contribution is 2.35. The Balaban J connectivity index is 2.04. The number of anilines is 1. The number of hydrogen-bond acceptors (Lipinski definition) is 6. The number of ether oxygens (including phenoxy) is 2. The molecule has 1 aromatic heterocycles. The number of hydrogen-bond donors (Lipinski definition) is 1. The third kappa shape index (κ3) is 3.65. The molecule has 0 atom stereocenters. The molecule has 0 amide bonds. The summed E-state index contributed by atoms with van der Waals surface area (Å²) < 4.78 is 10.4. The molecule has 0 saturated carbocycles. The molecule has 0 bridgehead atoms. The molecular weight excluding hydrogens is 332 g/mol. The molecule has 3 rings (SSSR count). The van der Waals surface area contributed by atoms with Crippen LogP contribution < -0.4 is 9.64 Å². The Kier molecular flexibility index (Phi) is 5.13. The Morgan fingerprint density at radius 3 is 2.54 bits per heavy atom. The van der Waals surface area contributed by atoms with E-state index in [9.17, 15) is 9.90 Å². The van der Waals surface area contributed by atoms with E-state index in [2.05, 4.69) is 9.88 Å². The number of piperidine rings is 1. The minimum absolute atomic E-state index is 0.393. The van der Waals surface area contributed by atoms with Gasteiger partial charge in [-0.15, -0.1) is 0 Å². The van der Waals surface area contributed by atoms with E-state index >= 15 is 0 Å². The van der Waals surface area contributed by atoms with Crippen molar-refractivity contribution in [2.24, 2.45) is 0 Å². The fraction of sp³-hybridized carbons (Fsp3) is 0.400. The van der Waals surface area contributed by atoms with Gasteiger partial charge in [-0.3, -0.25) is 0 Å². The number of rotatable bonds is 4. The maximum Gasteiger partial charge on any atom is 0.340 e. The average Bonchev–Trinajstić information content (AvgIpc) is 2.67. The van der Waals surface area contributed by atoms with Crippen LogP contribution in [0, 0.1) is 0 Å². The summed E-state index contributed by atoms with van der Waals surface area (Å²) in [5.74, 6) is 1.01. The van der Waals surface area contributed by atoms with E-state index in [1.807, 2.05) is 37.3 Å². The van der Waals surface area contributed by atoms with Gasteiger partial charge < -0.3 is 19.5 Å². The molecule has 6 nitrogen and oxygen atoms in total. The second-order valence-corrected chi connectivity index (χ2v) is 6.76. The Labute approximate surface area is 153 Å². The molecule has 1 saturated heterocycles. The van der Waals surface area contributed by atoms with E-state index in [-0.39, 0.29) is 0 Å². The van der Waals surface area contributed by atoms with Crippen LogP contribution in [-0.2, 0) is 4.74 Å². The Hall–Kier alpha value is -2.60. The van der Waals surface area contributed by atoms with Gasteiger partial charge in [0, 0.05) is 30.4 Å². The van der Waals surface area contributed by atoms with Gasteiger partial charge in [-0.1, -0.05) is 18.2 Å². The number of methoxy groups -OCH3 is 2. The number of carbonyl (C=O) groups is 1. The van der Waals surface area contributed by atoms with E-state index < -0.39 is 11.6 Å². The maximum absolute atomic E-state index is 12.2. The first kappa shape index (κ1) is 18.2. The van der Waals surface area contributed by atoms with Crippen LogP contribution in [0.15, 0.2) is 36.5 Å². The maximum atomic E-state index is 12.2. The fourth-order valence-corrected chi connectivity index (χ4v) is 3.20. The lowest BCUT2D eigenvalue weighted by Gasteiger charge is -2.36. The molecule has 1 N–H and O–H groups in total. The van der Waals surface area contributed by atoms with Crippen molar-refractivity contribution in [1.82, 2.24) is 4.98 Å². The normalized spacial score (nSPS) is 16.2. The van der Waals surface area contributed by atoms with Crippen LogP contribution in [0.1, 0.15) is 30.1 Å². The van der Waals surface area contributed by atoms with Crippen LogP contribution in [0.2, 0.25) is 0 Å². The van der Waals surface area contributed by atoms with Crippen molar-refractivity contribution in [3.05, 3.63) is 42.1 Å². The van der Waals surface area contributed by atoms with Crippen LogP contribution in [0.25, 0.3) is 11.1 Å². The molecule has 0 aliphatic carbocycles. The van der Waals surface area contributed by atoms with Crippen molar-refractivity contribution < 1.29 is 19.4 Å². The number of pyridine rings is 1. The van der Waals surface area contributed by atoms with Crippen molar-refractivity contribution in [2.45, 2.75) is 25.4 Å². The summed E-state index contributed by atoms with van der Waals surface area (Å²) in [5.41, 5.74) is 1.29. The van der Waals surface area contributed by atoms with Crippen LogP contribution in [-0.4, -0.2) is 49.0 Å². The van der Waals surface area contributed by atoms with Crippen molar-refractivity contribution in [2.75, 3.05) is 32.2 Å². The first-order valence-electron chi connectivity index (χ1n) is 8.64. The summed E-state index contributed by atoms with van der Waals surface area (Å²) in [6.45, 7) is 3.28. The molecule has 1 fully saturated rings. The highest BCUT2D eigenvalue weighted by atomic mass is 16.5. The zero-order valence-corrected chi connectivity index (χ0v) is 15.4. The van der Waals surface area contributed by atoms with Gasteiger partial charge in [-0.25, -0.2) is 9.78 Å². The van der Waals surface area contributed by atoms with Crippen LogP contribution in [0.4, 0.5) is 5.82 Å². The van der Waals surface area contributed by atoms with Gasteiger partial charge in [-0.05, 0) is 31.9 Å². The van der Waals surface area contributed by atoms with E-state index in [1.165, 1.54) is 7.11 Å². The smallest absolute Gasteiger partial charge is 0.340 e. The van der Waals surface area contributed by atoms with E-state index in [0.717, 1.165) is 16.9 Å². The number of para-hydroxylation sites is 1. The number of nitrogens with zero attached hydrogens (tertiary/aromatic N) is 2. The zero-order chi connectivity index (χ0) is 18.7. The molecule has 0 radical (unpaired) electrons. The first-order chi connectivity index (χ1) is 12.4. The quantitative estimate of drug-likeness (QED) is 0.850. The fourth-order valence-electron chi connectivity index (χ4n) is 3.20. The third-order valence-electron chi connectivity index (χ3n) is 4.86. The number of esters is 1. The summed E-state index contributed by atoms with van der Waals surface area (Å²) in [5, 5.41) is 10.2. The van der Waals surface area contributed by atoms with Gasteiger partial charge in [0.05, 0.1) is 25.4 Å². The minimum Gasteiger partial charge on any atom is -0.496 e. The molecular formula is C20H24N2O4. The zero-order valence-electron chi connectivity index (χ0n) is 15.4. The Morgan fingerprint density at radius 1 is 1.19 bits per heavy atom. The predicted molar refractivity (Wildman–Crippen MR) is 99.6 cm³/mol. The number of aromatic nitrogens is 1. The topological polar surface area (TPSA) is 71.9 Å². The molecule has 0 unspecified atom stereocenters. The molecule has 26 heavy (non-hydrogen) atoms. The predicted octanol–water partition coefficient (Wildman–Crippen LogP) is 2.90. The molecule has 6 heteroatoms. The lowest BCUT2D eigenvalue weighted by Crippen LogP contribution is -2.42. The third-order valence-corrected chi connectivity index (χ3v) is 4.86. The van der Waals surface area contributed by atoms with Gasteiger partial charge in [0.1, 0.15) is 11.6 Å². The first-order valence-corrected chi connectivity index (χ1v) is 8.64. The van der Waals surface area contributed by atoms with E-state index in [4.69, 9.17) is 9.47 Å². The minimum atomic E-state index is -0.631. The van der Waals surface area contributed by atoms with Gasteiger partial charge >= 0.3 is 5.97 Å².